The Morgan fingerprint density at radius 3 is 2.71 bits per heavy atom. The highest BCUT2D eigenvalue weighted by atomic mass is 16.1. The molecule has 5 nitrogen and oxygen atoms in total. The molecule has 94 valence electrons. The van der Waals surface area contributed by atoms with Gasteiger partial charge in [-0.15, -0.1) is 0 Å². The number of nitrogens with one attached hydrogen (secondary N) is 2. The van der Waals surface area contributed by atoms with Crippen LogP contribution in [0.25, 0.3) is 0 Å². The van der Waals surface area contributed by atoms with Crippen molar-refractivity contribution in [2.75, 3.05) is 27.2 Å². The molecule has 0 radical (unpaired) electrons. The van der Waals surface area contributed by atoms with Gasteiger partial charge in [0.2, 0.25) is 5.56 Å². The smallest absolute Gasteiger partial charge is 0.252 e. The van der Waals surface area contributed by atoms with Gasteiger partial charge in [-0.1, -0.05) is 0 Å². The summed E-state index contributed by atoms with van der Waals surface area (Å²) in [5.41, 5.74) is 0.282. The first-order chi connectivity index (χ1) is 8.09. The molecule has 0 bridgehead atoms. The zero-order chi connectivity index (χ0) is 12.7. The standard InChI is InChI=1S/C12H19N3O2/c1-15(2)8-4-3-7-13-12(17)10-5-6-11(16)14-9-10/h5-6,9H,3-4,7-8H2,1-2H3,(H,13,17)(H,14,16). The number of aromatic nitrogens is 1. The van der Waals surface area contributed by atoms with E-state index >= 15 is 0 Å². The molecule has 0 fully saturated rings. The van der Waals surface area contributed by atoms with Gasteiger partial charge in [-0.25, -0.2) is 0 Å². The lowest BCUT2D eigenvalue weighted by Gasteiger charge is -2.09. The molecule has 0 saturated carbocycles. The summed E-state index contributed by atoms with van der Waals surface area (Å²) in [5.74, 6) is -0.147. The number of aromatic amines is 1. The number of pyridine rings is 1. The van der Waals surface area contributed by atoms with Crippen molar-refractivity contribution in [3.63, 3.8) is 0 Å². The van der Waals surface area contributed by atoms with Crippen molar-refractivity contribution >= 4 is 5.91 Å². The van der Waals surface area contributed by atoms with Crippen molar-refractivity contribution in [3.8, 4) is 0 Å². The number of rotatable bonds is 6. The van der Waals surface area contributed by atoms with Crippen LogP contribution >= 0.6 is 0 Å². The van der Waals surface area contributed by atoms with E-state index in [1.54, 1.807) is 0 Å². The second-order valence-corrected chi connectivity index (χ2v) is 4.21. The number of nitrogens with zero attached hydrogens (tertiary/aromatic N) is 1. The second-order valence-electron chi connectivity index (χ2n) is 4.21. The van der Waals surface area contributed by atoms with Crippen LogP contribution in [0.15, 0.2) is 23.1 Å². The highest BCUT2D eigenvalue weighted by molar-refractivity contribution is 5.93. The number of H-pyrrole nitrogens is 1. The van der Waals surface area contributed by atoms with Crippen LogP contribution in [0.1, 0.15) is 23.2 Å². The Bertz CT molecular complexity index is 392. The van der Waals surface area contributed by atoms with Gasteiger partial charge in [-0.2, -0.15) is 0 Å². The van der Waals surface area contributed by atoms with Gasteiger partial charge in [0.1, 0.15) is 0 Å². The Morgan fingerprint density at radius 2 is 2.12 bits per heavy atom. The number of amides is 1. The predicted molar refractivity (Wildman–Crippen MR) is 67.2 cm³/mol. The third-order valence-electron chi connectivity index (χ3n) is 2.36. The molecule has 0 aliphatic carbocycles. The van der Waals surface area contributed by atoms with Gasteiger partial charge in [-0.3, -0.25) is 9.59 Å². The number of unbranched alkanes of at least 4 members (excludes halogenated alkanes) is 1. The van der Waals surface area contributed by atoms with Crippen LogP contribution in [0, 0.1) is 0 Å². The molecule has 0 unspecified atom stereocenters. The van der Waals surface area contributed by atoms with Crippen LogP contribution in [0.3, 0.4) is 0 Å². The summed E-state index contributed by atoms with van der Waals surface area (Å²) >= 11 is 0. The minimum absolute atomic E-state index is 0.147. The molecule has 2 N–H and O–H groups in total. The van der Waals surface area contributed by atoms with Gasteiger partial charge in [0.25, 0.3) is 5.91 Å². The lowest BCUT2D eigenvalue weighted by atomic mass is 10.2. The molecule has 1 amide bonds. The molecule has 0 aliphatic rings. The quantitative estimate of drug-likeness (QED) is 0.706. The van der Waals surface area contributed by atoms with Crippen molar-refractivity contribution in [1.29, 1.82) is 0 Å². The molecule has 5 heteroatoms. The van der Waals surface area contributed by atoms with E-state index in [1.807, 2.05) is 14.1 Å². The van der Waals surface area contributed by atoms with Gasteiger partial charge in [-0.05, 0) is 39.5 Å². The molecule has 0 spiro atoms. The third kappa shape index (κ3) is 5.31. The Balaban J connectivity index is 2.26. The number of hydrogen-bond donors (Lipinski definition) is 2. The summed E-state index contributed by atoms with van der Waals surface area (Å²) in [7, 11) is 4.05. The molecule has 1 aromatic rings. The van der Waals surface area contributed by atoms with Gasteiger partial charge < -0.3 is 15.2 Å². The molecule has 0 saturated heterocycles. The van der Waals surface area contributed by atoms with E-state index in [9.17, 15) is 9.59 Å². The van der Waals surface area contributed by atoms with Gasteiger partial charge >= 0.3 is 0 Å². The van der Waals surface area contributed by atoms with Crippen LogP contribution in [0.2, 0.25) is 0 Å². The maximum absolute atomic E-state index is 11.6. The molecule has 0 atom stereocenters. The SMILES string of the molecule is CN(C)CCCCNC(=O)c1ccc(=O)[nH]c1. The minimum atomic E-state index is -0.201. The monoisotopic (exact) mass is 237 g/mol. The van der Waals surface area contributed by atoms with Gasteiger partial charge in [0.15, 0.2) is 0 Å². The largest absolute Gasteiger partial charge is 0.352 e. The first-order valence-electron chi connectivity index (χ1n) is 5.71. The fourth-order valence-corrected chi connectivity index (χ4v) is 1.41. The lowest BCUT2D eigenvalue weighted by Crippen LogP contribution is -2.26. The van der Waals surface area contributed by atoms with E-state index in [-0.39, 0.29) is 11.5 Å². The maximum atomic E-state index is 11.6. The Kier molecular flexibility index (Phi) is 5.42. The predicted octanol–water partition coefficient (Wildman–Crippen LogP) is 0.447. The molecular formula is C12H19N3O2. The topological polar surface area (TPSA) is 65.2 Å². The second kappa shape index (κ2) is 6.85. The average molecular weight is 237 g/mol. The zero-order valence-electron chi connectivity index (χ0n) is 10.3. The average Bonchev–Trinajstić information content (AvgIpc) is 2.29. The normalized spacial score (nSPS) is 10.5. The summed E-state index contributed by atoms with van der Waals surface area (Å²) in [5, 5.41) is 2.81. The first kappa shape index (κ1) is 13.4. The van der Waals surface area contributed by atoms with Gasteiger partial charge in [0, 0.05) is 18.8 Å². The third-order valence-corrected chi connectivity index (χ3v) is 2.36. The van der Waals surface area contributed by atoms with E-state index in [2.05, 4.69) is 15.2 Å². The number of carbonyl (C=O) groups excluding carboxylic acids is 1. The Labute approximate surface area is 101 Å². The van der Waals surface area contributed by atoms with E-state index in [1.165, 1.54) is 18.3 Å². The van der Waals surface area contributed by atoms with Crippen LogP contribution in [-0.2, 0) is 0 Å². The summed E-state index contributed by atoms with van der Waals surface area (Å²) < 4.78 is 0. The molecule has 1 aromatic heterocycles. The highest BCUT2D eigenvalue weighted by Crippen LogP contribution is 1.94. The molecule has 0 aliphatic heterocycles. The van der Waals surface area contributed by atoms with Crippen LogP contribution in [-0.4, -0.2) is 43.0 Å². The number of carbonyl (C=O) groups is 1. The zero-order valence-corrected chi connectivity index (χ0v) is 10.3. The summed E-state index contributed by atoms with van der Waals surface area (Å²) in [6.07, 6.45) is 3.43. The van der Waals surface area contributed by atoms with Crippen molar-refractivity contribution in [2.45, 2.75) is 12.8 Å². The van der Waals surface area contributed by atoms with Crippen LogP contribution < -0.4 is 10.9 Å². The lowest BCUT2D eigenvalue weighted by molar-refractivity contribution is 0.0952. The van der Waals surface area contributed by atoms with E-state index < -0.39 is 0 Å². The van der Waals surface area contributed by atoms with Crippen molar-refractivity contribution in [1.82, 2.24) is 15.2 Å². The fourth-order valence-electron chi connectivity index (χ4n) is 1.41. The van der Waals surface area contributed by atoms with E-state index in [4.69, 9.17) is 0 Å². The highest BCUT2D eigenvalue weighted by Gasteiger charge is 2.03. The van der Waals surface area contributed by atoms with Crippen molar-refractivity contribution < 1.29 is 4.79 Å². The number of hydrogen-bond acceptors (Lipinski definition) is 3. The van der Waals surface area contributed by atoms with E-state index in [0.717, 1.165) is 19.4 Å². The van der Waals surface area contributed by atoms with Crippen LogP contribution in [0.4, 0.5) is 0 Å². The fraction of sp³-hybridized carbons (Fsp3) is 0.500. The molecule has 17 heavy (non-hydrogen) atoms. The minimum Gasteiger partial charge on any atom is -0.352 e. The van der Waals surface area contributed by atoms with Gasteiger partial charge in [0.05, 0.1) is 5.56 Å². The van der Waals surface area contributed by atoms with Crippen LogP contribution in [0.5, 0.6) is 0 Å². The molecule has 1 heterocycles. The molecular weight excluding hydrogens is 218 g/mol. The maximum Gasteiger partial charge on any atom is 0.252 e. The molecule has 0 aromatic carbocycles. The summed E-state index contributed by atoms with van der Waals surface area (Å²) in [6, 6.07) is 2.87. The summed E-state index contributed by atoms with van der Waals surface area (Å²) in [6.45, 7) is 1.68. The molecule has 1 rings (SSSR count). The Morgan fingerprint density at radius 1 is 1.35 bits per heavy atom. The summed E-state index contributed by atoms with van der Waals surface area (Å²) in [4.78, 5) is 27.0. The van der Waals surface area contributed by atoms with Crippen molar-refractivity contribution in [3.05, 3.63) is 34.2 Å². The first-order valence-corrected chi connectivity index (χ1v) is 5.71. The Hall–Kier alpha value is -1.62. The van der Waals surface area contributed by atoms with Crippen molar-refractivity contribution in [2.24, 2.45) is 0 Å². The van der Waals surface area contributed by atoms with E-state index in [0.29, 0.717) is 12.1 Å².